The summed E-state index contributed by atoms with van der Waals surface area (Å²) in [6.07, 6.45) is 0. The summed E-state index contributed by atoms with van der Waals surface area (Å²) < 4.78 is 6.11. The lowest BCUT2D eigenvalue weighted by Gasteiger charge is -2.33. The molecule has 1 aliphatic rings. The van der Waals surface area contributed by atoms with Gasteiger partial charge in [-0.15, -0.1) is 5.10 Å². The van der Waals surface area contributed by atoms with Crippen LogP contribution < -0.4 is 5.43 Å². The molecule has 0 amide bonds. The zero-order valence-electron chi connectivity index (χ0n) is 12.9. The Labute approximate surface area is 139 Å². The average molecular weight is 369 g/mol. The molecule has 1 aliphatic heterocycles. The molecule has 2 rings (SSSR count). The van der Waals surface area contributed by atoms with Gasteiger partial charge in [0.15, 0.2) is 0 Å². The number of ether oxygens (including phenoxy) is 1. The van der Waals surface area contributed by atoms with Crippen molar-refractivity contribution in [1.82, 2.24) is 9.80 Å². The number of carbonyl (C=O) groups is 1. The van der Waals surface area contributed by atoms with Gasteiger partial charge in [0.2, 0.25) is 5.84 Å². The van der Waals surface area contributed by atoms with Crippen molar-refractivity contribution in [3.8, 4) is 0 Å². The highest BCUT2D eigenvalue weighted by atomic mass is 79.9. The second-order valence-electron chi connectivity index (χ2n) is 5.06. The van der Waals surface area contributed by atoms with Crippen molar-refractivity contribution in [2.75, 3.05) is 45.3 Å². The van der Waals surface area contributed by atoms with E-state index in [1.54, 1.807) is 6.92 Å². The van der Waals surface area contributed by atoms with Crippen LogP contribution in [0.4, 0.5) is 5.69 Å². The van der Waals surface area contributed by atoms with Gasteiger partial charge in [-0.2, -0.15) is 0 Å². The van der Waals surface area contributed by atoms with E-state index >= 15 is 0 Å². The minimum Gasteiger partial charge on any atom is -0.460 e. The normalized spacial score (nSPS) is 16.5. The number of hydrogen-bond acceptors (Lipinski definition) is 5. The first-order valence-electron chi connectivity index (χ1n) is 7.30. The number of nitrogens with zero attached hydrogens (tertiary/aromatic N) is 3. The van der Waals surface area contributed by atoms with E-state index in [-0.39, 0.29) is 0 Å². The molecular weight excluding hydrogens is 348 g/mol. The summed E-state index contributed by atoms with van der Waals surface area (Å²) >= 11 is 3.39. The van der Waals surface area contributed by atoms with Crippen LogP contribution in [0.1, 0.15) is 6.92 Å². The van der Waals surface area contributed by atoms with Gasteiger partial charge in [-0.3, -0.25) is 5.43 Å². The maximum absolute atomic E-state index is 12.1. The minimum atomic E-state index is -0.392. The summed E-state index contributed by atoms with van der Waals surface area (Å²) in [5.41, 5.74) is 3.75. The van der Waals surface area contributed by atoms with E-state index in [0.717, 1.165) is 36.3 Å². The fraction of sp³-hybridized carbons (Fsp3) is 0.467. The summed E-state index contributed by atoms with van der Waals surface area (Å²) in [7, 11) is 2.07. The number of esters is 1. The molecule has 120 valence electrons. The summed E-state index contributed by atoms with van der Waals surface area (Å²) in [4.78, 5) is 16.3. The lowest BCUT2D eigenvalue weighted by molar-refractivity contribution is -0.136. The summed E-state index contributed by atoms with van der Waals surface area (Å²) in [6, 6.07) is 7.61. The second kappa shape index (κ2) is 8.14. The molecule has 1 saturated heterocycles. The SMILES string of the molecule is CCOC(=O)/C(=N/Nc1ccc(Br)cc1)N1CCN(C)CC1. The summed E-state index contributed by atoms with van der Waals surface area (Å²) in [6.45, 7) is 5.45. The number of benzene rings is 1. The highest BCUT2D eigenvalue weighted by molar-refractivity contribution is 9.10. The Hall–Kier alpha value is -1.60. The molecule has 1 aromatic rings. The number of anilines is 1. The van der Waals surface area contributed by atoms with Crippen LogP contribution in [0.15, 0.2) is 33.8 Å². The second-order valence-corrected chi connectivity index (χ2v) is 5.98. The Morgan fingerprint density at radius 3 is 2.50 bits per heavy atom. The van der Waals surface area contributed by atoms with Crippen molar-refractivity contribution in [2.24, 2.45) is 5.10 Å². The Morgan fingerprint density at radius 2 is 1.91 bits per heavy atom. The molecular formula is C15H21BrN4O2. The molecule has 0 saturated carbocycles. The smallest absolute Gasteiger partial charge is 0.375 e. The van der Waals surface area contributed by atoms with Crippen LogP contribution in [0.5, 0.6) is 0 Å². The zero-order chi connectivity index (χ0) is 15.9. The van der Waals surface area contributed by atoms with E-state index in [9.17, 15) is 4.79 Å². The molecule has 1 N–H and O–H groups in total. The third-order valence-electron chi connectivity index (χ3n) is 3.40. The number of rotatable bonds is 3. The maximum atomic E-state index is 12.1. The van der Waals surface area contributed by atoms with Gasteiger partial charge in [-0.25, -0.2) is 4.79 Å². The Bertz CT molecular complexity index is 525. The maximum Gasteiger partial charge on any atom is 0.375 e. The van der Waals surface area contributed by atoms with Gasteiger partial charge >= 0.3 is 5.97 Å². The third kappa shape index (κ3) is 4.71. The predicted octanol–water partition coefficient (Wildman–Crippen LogP) is 1.99. The van der Waals surface area contributed by atoms with Gasteiger partial charge in [0.05, 0.1) is 12.3 Å². The molecule has 0 unspecified atom stereocenters. The molecule has 1 aromatic carbocycles. The first-order chi connectivity index (χ1) is 10.6. The number of halogens is 1. The Balaban J connectivity index is 2.10. The van der Waals surface area contributed by atoms with Gasteiger partial charge < -0.3 is 14.5 Å². The van der Waals surface area contributed by atoms with Crippen LogP contribution in [0.3, 0.4) is 0 Å². The average Bonchev–Trinajstić information content (AvgIpc) is 2.51. The van der Waals surface area contributed by atoms with Crippen molar-refractivity contribution < 1.29 is 9.53 Å². The van der Waals surface area contributed by atoms with Crippen molar-refractivity contribution in [2.45, 2.75) is 6.92 Å². The lowest BCUT2D eigenvalue weighted by atomic mass is 10.3. The van der Waals surface area contributed by atoms with Crippen LogP contribution >= 0.6 is 15.9 Å². The van der Waals surface area contributed by atoms with Crippen molar-refractivity contribution >= 4 is 33.4 Å². The zero-order valence-corrected chi connectivity index (χ0v) is 14.5. The number of hydrazone groups is 1. The van der Waals surface area contributed by atoms with E-state index in [0.29, 0.717) is 12.4 Å². The number of likely N-dealkylation sites (N-methyl/N-ethyl adjacent to an activating group) is 1. The summed E-state index contributed by atoms with van der Waals surface area (Å²) in [5, 5.41) is 4.28. The van der Waals surface area contributed by atoms with E-state index in [2.05, 4.69) is 38.4 Å². The van der Waals surface area contributed by atoms with Crippen molar-refractivity contribution in [1.29, 1.82) is 0 Å². The van der Waals surface area contributed by atoms with E-state index in [4.69, 9.17) is 4.74 Å². The number of nitrogens with one attached hydrogen (secondary N) is 1. The van der Waals surface area contributed by atoms with Crippen LogP contribution in [0, 0.1) is 0 Å². The largest absolute Gasteiger partial charge is 0.460 e. The Kier molecular flexibility index (Phi) is 6.21. The first-order valence-corrected chi connectivity index (χ1v) is 8.09. The minimum absolute atomic E-state index is 0.331. The Morgan fingerprint density at radius 1 is 1.27 bits per heavy atom. The van der Waals surface area contributed by atoms with Gasteiger partial charge in [-0.1, -0.05) is 15.9 Å². The van der Waals surface area contributed by atoms with Crippen LogP contribution in [-0.4, -0.2) is 61.4 Å². The highest BCUT2D eigenvalue weighted by Gasteiger charge is 2.24. The quantitative estimate of drug-likeness (QED) is 0.382. The molecule has 6 nitrogen and oxygen atoms in total. The predicted molar refractivity (Wildman–Crippen MR) is 90.9 cm³/mol. The lowest BCUT2D eigenvalue weighted by Crippen LogP contribution is -2.50. The monoisotopic (exact) mass is 368 g/mol. The number of hydrogen-bond donors (Lipinski definition) is 1. The van der Waals surface area contributed by atoms with Gasteiger partial charge in [0, 0.05) is 30.7 Å². The summed E-state index contributed by atoms with van der Waals surface area (Å²) in [5.74, 6) is -0.0606. The fourth-order valence-corrected chi connectivity index (χ4v) is 2.37. The first kappa shape index (κ1) is 16.8. The van der Waals surface area contributed by atoms with Gasteiger partial charge in [0.25, 0.3) is 0 Å². The molecule has 22 heavy (non-hydrogen) atoms. The standard InChI is InChI=1S/C15H21BrN4O2/c1-3-22-15(21)14(20-10-8-19(2)9-11-20)18-17-13-6-4-12(16)5-7-13/h4-7,17H,3,8-11H2,1-2H3/b18-14-. The van der Waals surface area contributed by atoms with Gasteiger partial charge in [-0.05, 0) is 38.2 Å². The number of carbonyl (C=O) groups excluding carboxylic acids is 1. The molecule has 1 fully saturated rings. The molecule has 7 heteroatoms. The molecule has 1 heterocycles. The molecule has 0 aliphatic carbocycles. The van der Waals surface area contributed by atoms with E-state index in [1.807, 2.05) is 29.2 Å². The molecule has 0 bridgehead atoms. The molecule has 0 atom stereocenters. The van der Waals surface area contributed by atoms with Gasteiger partial charge in [0.1, 0.15) is 0 Å². The third-order valence-corrected chi connectivity index (χ3v) is 3.92. The van der Waals surface area contributed by atoms with E-state index in [1.165, 1.54) is 0 Å². The van der Waals surface area contributed by atoms with Crippen LogP contribution in [0.25, 0.3) is 0 Å². The molecule has 0 aromatic heterocycles. The topological polar surface area (TPSA) is 57.2 Å². The molecule has 0 spiro atoms. The number of amidine groups is 1. The van der Waals surface area contributed by atoms with E-state index < -0.39 is 5.97 Å². The van der Waals surface area contributed by atoms with Crippen molar-refractivity contribution in [3.63, 3.8) is 0 Å². The van der Waals surface area contributed by atoms with Crippen LogP contribution in [0.2, 0.25) is 0 Å². The highest BCUT2D eigenvalue weighted by Crippen LogP contribution is 2.14. The fourth-order valence-electron chi connectivity index (χ4n) is 2.10. The number of piperazine rings is 1. The molecule has 0 radical (unpaired) electrons. The van der Waals surface area contributed by atoms with Crippen LogP contribution in [-0.2, 0) is 9.53 Å². The van der Waals surface area contributed by atoms with Crippen molar-refractivity contribution in [3.05, 3.63) is 28.7 Å².